The molecule has 1 aromatic heterocycles. The normalized spacial score (nSPS) is 13.8. The predicted molar refractivity (Wildman–Crippen MR) is 194 cm³/mol. The van der Waals surface area contributed by atoms with Crippen molar-refractivity contribution in [1.82, 2.24) is 4.57 Å². The average molecular weight is 746 g/mol. The van der Waals surface area contributed by atoms with Crippen molar-refractivity contribution in [3.63, 3.8) is 0 Å². The van der Waals surface area contributed by atoms with Gasteiger partial charge in [0, 0.05) is 0 Å². The van der Waals surface area contributed by atoms with Crippen molar-refractivity contribution in [2.24, 2.45) is 4.99 Å². The zero-order valence-electron chi connectivity index (χ0n) is 29.2. The number of rotatable bonds is 14. The second kappa shape index (κ2) is 17.1. The number of hydrogen-bond donors (Lipinski definition) is 0. The Bertz CT molecular complexity index is 2240. The van der Waals surface area contributed by atoms with Gasteiger partial charge in [-0.1, -0.05) is 41.1 Å². The lowest BCUT2D eigenvalue weighted by Crippen LogP contribution is -2.40. The van der Waals surface area contributed by atoms with Gasteiger partial charge in [0.2, 0.25) is 0 Å². The Labute approximate surface area is 308 Å². The molecule has 1 aliphatic rings. The molecule has 1 aliphatic heterocycles. The number of nitriles is 1. The first-order chi connectivity index (χ1) is 25.1. The molecule has 0 fully saturated rings. The van der Waals surface area contributed by atoms with Gasteiger partial charge in [-0.25, -0.2) is 14.6 Å². The van der Waals surface area contributed by atoms with Crippen molar-refractivity contribution in [3.8, 4) is 29.1 Å². The van der Waals surface area contributed by atoms with Crippen LogP contribution in [0.5, 0.6) is 23.0 Å². The van der Waals surface area contributed by atoms with Crippen LogP contribution < -0.4 is 33.8 Å². The van der Waals surface area contributed by atoms with Crippen molar-refractivity contribution in [3.05, 3.63) is 113 Å². The fraction of sp³-hybridized carbons (Fsp3) is 0.289. The summed E-state index contributed by atoms with van der Waals surface area (Å²) in [6.07, 6.45) is 1.68. The van der Waals surface area contributed by atoms with Crippen LogP contribution in [0.3, 0.4) is 0 Å². The molecule has 0 spiro atoms. The first-order valence-electron chi connectivity index (χ1n) is 16.4. The van der Waals surface area contributed by atoms with Crippen molar-refractivity contribution >= 4 is 41.0 Å². The molecule has 0 aliphatic carbocycles. The zero-order chi connectivity index (χ0) is 37.4. The molecular formula is C38H36ClN3O9S. The Kier molecular flexibility index (Phi) is 12.4. The second-order valence-corrected chi connectivity index (χ2v) is 12.6. The molecular weight excluding hydrogens is 710 g/mol. The number of nitrogens with zero attached hydrogens (tertiary/aromatic N) is 3. The molecule has 0 unspecified atom stereocenters. The molecule has 2 heterocycles. The maximum absolute atomic E-state index is 14.3. The highest BCUT2D eigenvalue weighted by atomic mass is 35.5. The molecule has 0 saturated heterocycles. The van der Waals surface area contributed by atoms with Gasteiger partial charge in [0.15, 0.2) is 34.4 Å². The van der Waals surface area contributed by atoms with Gasteiger partial charge >= 0.3 is 11.9 Å². The number of halogens is 1. The predicted octanol–water partition coefficient (Wildman–Crippen LogP) is 5.25. The lowest BCUT2D eigenvalue weighted by Gasteiger charge is -2.25. The molecule has 3 aromatic carbocycles. The molecule has 52 heavy (non-hydrogen) atoms. The number of methoxy groups -OCH3 is 1. The lowest BCUT2D eigenvalue weighted by atomic mass is 9.95. The highest BCUT2D eigenvalue weighted by molar-refractivity contribution is 7.07. The van der Waals surface area contributed by atoms with E-state index in [9.17, 15) is 14.4 Å². The van der Waals surface area contributed by atoms with Gasteiger partial charge in [-0.15, -0.1) is 0 Å². The number of hydrogen-bond acceptors (Lipinski definition) is 12. The average Bonchev–Trinajstić information content (AvgIpc) is 3.43. The third kappa shape index (κ3) is 8.30. The Hall–Kier alpha value is -5.58. The number of benzene rings is 3. The van der Waals surface area contributed by atoms with Crippen molar-refractivity contribution < 1.29 is 38.0 Å². The molecule has 0 radical (unpaired) electrons. The van der Waals surface area contributed by atoms with E-state index in [-0.39, 0.29) is 42.8 Å². The summed E-state index contributed by atoms with van der Waals surface area (Å²) < 4.78 is 35.3. The first-order valence-corrected chi connectivity index (χ1v) is 17.6. The molecule has 0 saturated carbocycles. The molecule has 0 N–H and O–H groups in total. The fourth-order valence-corrected chi connectivity index (χ4v) is 6.76. The number of ether oxygens (including phenoxy) is 6. The smallest absolute Gasteiger partial charge is 0.343 e. The quantitative estimate of drug-likeness (QED) is 0.157. The summed E-state index contributed by atoms with van der Waals surface area (Å²) >= 11 is 7.88. The highest BCUT2D eigenvalue weighted by Crippen LogP contribution is 2.38. The van der Waals surface area contributed by atoms with Crippen LogP contribution in [0.2, 0.25) is 5.02 Å². The van der Waals surface area contributed by atoms with E-state index in [2.05, 4.69) is 15.8 Å². The number of allylic oxidation sites excluding steroid dienone is 1. The second-order valence-electron chi connectivity index (χ2n) is 11.2. The summed E-state index contributed by atoms with van der Waals surface area (Å²) in [5, 5.41) is 9.36. The van der Waals surface area contributed by atoms with E-state index in [1.165, 1.54) is 11.7 Å². The molecule has 14 heteroatoms. The largest absolute Gasteiger partial charge is 0.490 e. The van der Waals surface area contributed by atoms with Gasteiger partial charge in [0.05, 0.1) is 65.4 Å². The number of fused-ring (bicyclic) bond motifs is 1. The van der Waals surface area contributed by atoms with Crippen LogP contribution in [0.4, 0.5) is 0 Å². The molecule has 4 aromatic rings. The highest BCUT2D eigenvalue weighted by Gasteiger charge is 2.34. The summed E-state index contributed by atoms with van der Waals surface area (Å²) in [7, 11) is 1.26. The number of carbonyl (C=O) groups is 2. The van der Waals surface area contributed by atoms with Gasteiger partial charge in [0.1, 0.15) is 6.61 Å². The molecule has 0 amide bonds. The van der Waals surface area contributed by atoms with Gasteiger partial charge in [0.25, 0.3) is 5.56 Å². The van der Waals surface area contributed by atoms with E-state index in [0.29, 0.717) is 55.6 Å². The van der Waals surface area contributed by atoms with Crippen LogP contribution in [0.25, 0.3) is 6.08 Å². The van der Waals surface area contributed by atoms with Crippen LogP contribution in [-0.4, -0.2) is 50.0 Å². The molecule has 1 atom stereocenters. The minimum Gasteiger partial charge on any atom is -0.490 e. The Morgan fingerprint density at radius 2 is 1.69 bits per heavy atom. The zero-order valence-corrected chi connectivity index (χ0v) is 30.8. The van der Waals surface area contributed by atoms with E-state index in [0.717, 1.165) is 16.9 Å². The molecule has 5 rings (SSSR count). The molecule has 0 bridgehead atoms. The summed E-state index contributed by atoms with van der Waals surface area (Å²) in [6.45, 7) is 7.61. The van der Waals surface area contributed by atoms with Gasteiger partial charge < -0.3 is 28.4 Å². The van der Waals surface area contributed by atoms with E-state index >= 15 is 0 Å². The summed E-state index contributed by atoms with van der Waals surface area (Å²) in [4.78, 5) is 44.5. The van der Waals surface area contributed by atoms with Crippen molar-refractivity contribution in [2.45, 2.75) is 40.3 Å². The Morgan fingerprint density at radius 1 is 0.962 bits per heavy atom. The number of thiazole rings is 1. The Morgan fingerprint density at radius 3 is 2.37 bits per heavy atom. The van der Waals surface area contributed by atoms with Gasteiger partial charge in [-0.05, 0) is 86.9 Å². The van der Waals surface area contributed by atoms with Gasteiger partial charge in [-0.3, -0.25) is 9.36 Å². The van der Waals surface area contributed by atoms with Crippen LogP contribution in [0.1, 0.15) is 56.0 Å². The number of esters is 2. The number of carbonyl (C=O) groups excluding carboxylic acids is 2. The Balaban J connectivity index is 1.58. The van der Waals surface area contributed by atoms with E-state index < -0.39 is 23.5 Å². The van der Waals surface area contributed by atoms with E-state index in [4.69, 9.17) is 40.5 Å². The summed E-state index contributed by atoms with van der Waals surface area (Å²) in [5.74, 6) is 0.138. The maximum atomic E-state index is 14.3. The van der Waals surface area contributed by atoms with Crippen molar-refractivity contribution in [1.29, 1.82) is 5.26 Å². The third-order valence-electron chi connectivity index (χ3n) is 7.77. The standard InChI is InChI=1S/C38H36ClN3O9S/c1-6-47-29-18-26(13-14-28(29)50-21-32(43)46-5)34-33(37(45)49-8-3)22(4)41-38-42(34)36(44)31(52-38)17-25-15-27(39)35(30(16-25)48-7-2)51-20-24-11-9-23(19-40)10-12-24/h9-18,34H,6-8,20-21H2,1-5H3/b31-17+/t34-/m0/s1. The summed E-state index contributed by atoms with van der Waals surface area (Å²) in [5.41, 5.74) is 2.67. The lowest BCUT2D eigenvalue weighted by molar-refractivity contribution is -0.143. The molecule has 12 nitrogen and oxygen atoms in total. The monoisotopic (exact) mass is 745 g/mol. The summed E-state index contributed by atoms with van der Waals surface area (Å²) in [6, 6.07) is 16.6. The molecule has 270 valence electrons. The third-order valence-corrected chi connectivity index (χ3v) is 9.03. The van der Waals surface area contributed by atoms with Crippen molar-refractivity contribution in [2.75, 3.05) is 33.5 Å². The maximum Gasteiger partial charge on any atom is 0.343 e. The first kappa shape index (κ1) is 37.7. The SMILES string of the molecule is CCOC(=O)C1=C(C)N=c2s/c(=C/c3cc(Cl)c(OCc4ccc(C#N)cc4)c(OCC)c3)c(=O)n2[C@H]1c1ccc(OCC(=O)OC)c(OCC)c1. The fourth-order valence-electron chi connectivity index (χ4n) is 5.44. The topological polar surface area (TPSA) is 148 Å². The van der Waals surface area contributed by atoms with E-state index in [1.54, 1.807) is 81.4 Å². The van der Waals surface area contributed by atoms with Crippen LogP contribution >= 0.6 is 22.9 Å². The number of aromatic nitrogens is 1. The minimum absolute atomic E-state index is 0.118. The van der Waals surface area contributed by atoms with E-state index in [1.807, 2.05) is 6.92 Å². The minimum atomic E-state index is -0.924. The van der Waals surface area contributed by atoms with Crippen LogP contribution in [0, 0.1) is 11.3 Å². The van der Waals surface area contributed by atoms with Gasteiger partial charge in [-0.2, -0.15) is 5.26 Å². The van der Waals surface area contributed by atoms with Crippen LogP contribution in [0.15, 0.2) is 75.7 Å². The van der Waals surface area contributed by atoms with Crippen LogP contribution in [-0.2, 0) is 25.7 Å².